The number of hydrogen-bond donors (Lipinski definition) is 2. The predicted octanol–water partition coefficient (Wildman–Crippen LogP) is 7.17. The smallest absolute Gasteiger partial charge is 0.298 e. The number of aryl methyl sites for hydroxylation is 1. The molecule has 0 spiro atoms. The molecular weight excluding hydrogens is 740 g/mol. The molecule has 2 aromatic carbocycles. The van der Waals surface area contributed by atoms with Gasteiger partial charge in [-0.05, 0) is 101 Å². The Morgan fingerprint density at radius 1 is 1.13 bits per heavy atom. The van der Waals surface area contributed by atoms with Gasteiger partial charge in [-0.3, -0.25) is 4.79 Å². The summed E-state index contributed by atoms with van der Waals surface area (Å²) in [4.78, 5) is 17.0. The number of imidazole rings is 1. The highest BCUT2D eigenvalue weighted by atomic mass is 127. The lowest BCUT2D eigenvalue weighted by Gasteiger charge is -2.20. The maximum atomic E-state index is 16.2. The first-order chi connectivity index (χ1) is 18.4. The quantitative estimate of drug-likeness (QED) is 0.108. The van der Waals surface area contributed by atoms with Crippen molar-refractivity contribution in [1.82, 2.24) is 19.9 Å². The third kappa shape index (κ3) is 6.31. The van der Waals surface area contributed by atoms with Gasteiger partial charge in [0.2, 0.25) is 3.68 Å². The van der Waals surface area contributed by atoms with Gasteiger partial charge in [0.25, 0.3) is 9.84 Å². The van der Waals surface area contributed by atoms with Crippen molar-refractivity contribution in [3.8, 4) is 11.3 Å². The summed E-state index contributed by atoms with van der Waals surface area (Å²) in [5.74, 6) is -0.736. The Bertz CT molecular complexity index is 1550. The molecule has 0 saturated heterocycles. The minimum Gasteiger partial charge on any atom is -0.382 e. The first-order valence-corrected chi connectivity index (χ1v) is 14.3. The molecule has 1 fully saturated rings. The molecule has 204 valence electrons. The van der Waals surface area contributed by atoms with E-state index in [9.17, 15) is 18.0 Å². The van der Waals surface area contributed by atoms with E-state index in [2.05, 4.69) is 20.7 Å². The normalized spacial score (nSPS) is 15.3. The van der Waals surface area contributed by atoms with Crippen molar-refractivity contribution >= 4 is 62.4 Å². The van der Waals surface area contributed by atoms with Crippen LogP contribution in [0.3, 0.4) is 0 Å². The lowest BCUT2D eigenvalue weighted by Crippen LogP contribution is -2.26. The van der Waals surface area contributed by atoms with Gasteiger partial charge in [0.15, 0.2) is 5.65 Å². The third-order valence-corrected chi connectivity index (χ3v) is 8.09. The van der Waals surface area contributed by atoms with Crippen molar-refractivity contribution in [2.75, 3.05) is 11.9 Å². The second kappa shape index (κ2) is 10.8. The molecule has 1 aliphatic carbocycles. The van der Waals surface area contributed by atoms with Crippen molar-refractivity contribution in [3.63, 3.8) is 0 Å². The van der Waals surface area contributed by atoms with Crippen LogP contribution in [0.1, 0.15) is 46.4 Å². The van der Waals surface area contributed by atoms with Gasteiger partial charge >= 0.3 is 0 Å². The van der Waals surface area contributed by atoms with Crippen LogP contribution in [0.5, 0.6) is 0 Å². The largest absolute Gasteiger partial charge is 0.382 e. The summed E-state index contributed by atoms with van der Waals surface area (Å²) in [6.07, 6.45) is 3.06. The number of alkyl halides is 5. The van der Waals surface area contributed by atoms with E-state index in [1.165, 1.54) is 28.8 Å². The number of nitrogens with one attached hydrogen (secondary N) is 2. The van der Waals surface area contributed by atoms with Crippen LogP contribution in [0.2, 0.25) is 0 Å². The standard InChI is InChI=1S/C27H23F4I2N5O/c1-15-11-16(5-8-20(15)25(39)36-19-6-7-19)22-14-35-24-21(34-10-9-26(29,30)32)13-23(37-38(22)24)27(31,33)17-3-2-4-18(28)12-17/h2-5,8,11-14,19,34H,6-7,9-10H2,1H3,(H,36,39). The maximum absolute atomic E-state index is 16.2. The van der Waals surface area contributed by atoms with Gasteiger partial charge in [0.1, 0.15) is 11.5 Å². The number of amides is 1. The molecule has 2 aromatic heterocycles. The van der Waals surface area contributed by atoms with E-state index in [1.54, 1.807) is 40.9 Å². The van der Waals surface area contributed by atoms with E-state index in [-0.39, 0.29) is 29.8 Å². The molecular formula is C27H23F4I2N5O. The van der Waals surface area contributed by atoms with E-state index in [4.69, 9.17) is 0 Å². The highest BCUT2D eigenvalue weighted by Crippen LogP contribution is 2.41. The Morgan fingerprint density at radius 2 is 1.90 bits per heavy atom. The molecule has 12 heteroatoms. The molecule has 6 nitrogen and oxygen atoms in total. The number of benzene rings is 2. The molecule has 1 unspecified atom stereocenters. The lowest BCUT2D eigenvalue weighted by molar-refractivity contribution is 0.0950. The van der Waals surface area contributed by atoms with Gasteiger partial charge in [-0.15, -0.1) is 0 Å². The summed E-state index contributed by atoms with van der Waals surface area (Å²) in [6.45, 7) is 1.73. The number of hydrogen-bond acceptors (Lipinski definition) is 4. The Labute approximate surface area is 249 Å². The highest BCUT2D eigenvalue weighted by Gasteiger charge is 2.35. The molecule has 2 heterocycles. The Hall–Kier alpha value is -2.49. The second-order valence-electron chi connectivity index (χ2n) is 9.48. The van der Waals surface area contributed by atoms with Gasteiger partial charge in [-0.25, -0.2) is 18.3 Å². The van der Waals surface area contributed by atoms with Crippen LogP contribution < -0.4 is 10.6 Å². The molecule has 39 heavy (non-hydrogen) atoms. The molecule has 0 bridgehead atoms. The van der Waals surface area contributed by atoms with Crippen LogP contribution in [0.15, 0.2) is 54.7 Å². The predicted molar refractivity (Wildman–Crippen MR) is 158 cm³/mol. The highest BCUT2D eigenvalue weighted by molar-refractivity contribution is 14.1. The van der Waals surface area contributed by atoms with Crippen molar-refractivity contribution in [2.24, 2.45) is 0 Å². The summed E-state index contributed by atoms with van der Waals surface area (Å²) in [5.41, 5.74) is 3.08. The van der Waals surface area contributed by atoms with E-state index < -0.39 is 19.8 Å². The van der Waals surface area contributed by atoms with Crippen LogP contribution in [0.4, 0.5) is 23.2 Å². The maximum Gasteiger partial charge on any atom is 0.298 e. The Balaban J connectivity index is 1.58. The van der Waals surface area contributed by atoms with Gasteiger partial charge in [0, 0.05) is 35.7 Å². The topological polar surface area (TPSA) is 71.3 Å². The van der Waals surface area contributed by atoms with Crippen molar-refractivity contribution in [1.29, 1.82) is 0 Å². The molecule has 5 rings (SSSR count). The first-order valence-electron chi connectivity index (χ1n) is 12.2. The van der Waals surface area contributed by atoms with Crippen molar-refractivity contribution < 1.29 is 22.4 Å². The van der Waals surface area contributed by atoms with Crippen LogP contribution in [-0.4, -0.2) is 37.0 Å². The van der Waals surface area contributed by atoms with Crippen molar-refractivity contribution in [3.05, 3.63) is 82.9 Å². The second-order valence-corrected chi connectivity index (χ2v) is 12.5. The number of carbonyl (C=O) groups is 1. The van der Waals surface area contributed by atoms with E-state index >= 15 is 4.39 Å². The van der Waals surface area contributed by atoms with Crippen LogP contribution >= 0.6 is 45.2 Å². The molecule has 0 radical (unpaired) electrons. The molecule has 1 saturated carbocycles. The summed E-state index contributed by atoms with van der Waals surface area (Å²) >= 11 is 2.62. The first kappa shape index (κ1) is 28.1. The Morgan fingerprint density at radius 3 is 2.56 bits per heavy atom. The molecule has 1 atom stereocenters. The van der Waals surface area contributed by atoms with E-state index in [0.717, 1.165) is 47.1 Å². The number of carbonyl (C=O) groups excluding carboxylic acids is 1. The monoisotopic (exact) mass is 763 g/mol. The SMILES string of the molecule is Cc1cc(-c2cnc3c(NCCC(F)(F)I)cc(C(F)(I)c4cccc(F)c4)nn23)ccc1C(=O)NC1CC1. The minimum atomic E-state index is -2.92. The van der Waals surface area contributed by atoms with Gasteiger partial charge in [0.05, 0.1) is 17.6 Å². The zero-order valence-corrected chi connectivity index (χ0v) is 24.9. The van der Waals surface area contributed by atoms with Crippen molar-refractivity contribution in [2.45, 2.75) is 39.8 Å². The van der Waals surface area contributed by atoms with Crippen LogP contribution in [0, 0.1) is 12.7 Å². The lowest BCUT2D eigenvalue weighted by atomic mass is 10.0. The fraction of sp³-hybridized carbons (Fsp3) is 0.296. The number of aromatic nitrogens is 3. The number of anilines is 1. The summed E-state index contributed by atoms with van der Waals surface area (Å²) < 4.78 is 53.4. The molecule has 1 aliphatic rings. The number of rotatable bonds is 9. The molecule has 1 amide bonds. The minimum absolute atomic E-state index is 0.0447. The van der Waals surface area contributed by atoms with E-state index in [1.807, 2.05) is 13.0 Å². The van der Waals surface area contributed by atoms with Gasteiger partial charge in [-0.2, -0.15) is 13.9 Å². The molecule has 2 N–H and O–H groups in total. The fourth-order valence-electron chi connectivity index (χ4n) is 4.19. The average Bonchev–Trinajstić information content (AvgIpc) is 3.57. The number of fused-ring (bicyclic) bond motifs is 1. The zero-order chi connectivity index (χ0) is 27.9. The zero-order valence-electron chi connectivity index (χ0n) is 20.6. The summed E-state index contributed by atoms with van der Waals surface area (Å²) in [7, 11) is 0. The summed E-state index contributed by atoms with van der Waals surface area (Å²) in [5, 5.41) is 10.4. The van der Waals surface area contributed by atoms with Gasteiger partial charge < -0.3 is 10.6 Å². The van der Waals surface area contributed by atoms with Crippen LogP contribution in [-0.2, 0) is 3.68 Å². The fourth-order valence-corrected chi connectivity index (χ4v) is 5.06. The molecule has 0 aliphatic heterocycles. The Kier molecular flexibility index (Phi) is 7.79. The number of nitrogens with zero attached hydrogens (tertiary/aromatic N) is 3. The van der Waals surface area contributed by atoms with Crippen LogP contribution in [0.25, 0.3) is 16.9 Å². The summed E-state index contributed by atoms with van der Waals surface area (Å²) in [6, 6.07) is 12.1. The van der Waals surface area contributed by atoms with E-state index in [0.29, 0.717) is 28.2 Å². The third-order valence-electron chi connectivity index (χ3n) is 6.38. The van der Waals surface area contributed by atoms with Gasteiger partial charge in [-0.1, -0.05) is 18.2 Å². The average molecular weight is 763 g/mol. The molecule has 4 aromatic rings. The number of halogens is 6.